The quantitative estimate of drug-likeness (QED) is 0.755. The van der Waals surface area contributed by atoms with Crippen molar-refractivity contribution in [2.24, 2.45) is 0 Å². The van der Waals surface area contributed by atoms with Gasteiger partial charge in [0.2, 0.25) is 0 Å². The van der Waals surface area contributed by atoms with Gasteiger partial charge in [-0.3, -0.25) is 0 Å². The van der Waals surface area contributed by atoms with Crippen molar-refractivity contribution in [2.75, 3.05) is 6.61 Å². The maximum absolute atomic E-state index is 8.77. The molecule has 74 valence electrons. The second-order valence-electron chi connectivity index (χ2n) is 3.06. The third-order valence-electron chi connectivity index (χ3n) is 2.01. The second kappa shape index (κ2) is 3.71. The lowest BCUT2D eigenvalue weighted by Crippen LogP contribution is -1.97. The highest BCUT2D eigenvalue weighted by Crippen LogP contribution is 2.02. The van der Waals surface area contributed by atoms with Gasteiger partial charge >= 0.3 is 0 Å². The van der Waals surface area contributed by atoms with Crippen molar-refractivity contribution in [3.8, 4) is 0 Å². The van der Waals surface area contributed by atoms with E-state index in [9.17, 15) is 0 Å². The topological polar surface area (TPSA) is 63.3 Å². The average Bonchev–Trinajstić information content (AvgIpc) is 2.60. The van der Waals surface area contributed by atoms with Crippen LogP contribution in [0.2, 0.25) is 0 Å². The maximum atomic E-state index is 8.77. The molecule has 14 heavy (non-hydrogen) atoms. The number of fused-ring (bicyclic) bond motifs is 1. The lowest BCUT2D eigenvalue weighted by Gasteiger charge is -1.96. The standard InChI is InChI=1S/C9H12N4O/c1-2-8-11-9-10-5-7(3-4-14)6-13(9)12-8/h5-6,14H,2-4H2,1H3. The number of hydrogen-bond donors (Lipinski definition) is 1. The summed E-state index contributed by atoms with van der Waals surface area (Å²) in [7, 11) is 0. The number of aromatic nitrogens is 4. The van der Waals surface area contributed by atoms with Gasteiger partial charge in [0, 0.05) is 25.4 Å². The fourth-order valence-electron chi connectivity index (χ4n) is 1.27. The fraction of sp³-hybridized carbons (Fsp3) is 0.444. The lowest BCUT2D eigenvalue weighted by molar-refractivity contribution is 0.299. The van der Waals surface area contributed by atoms with E-state index in [1.54, 1.807) is 10.7 Å². The van der Waals surface area contributed by atoms with Crippen LogP contribution in [0.4, 0.5) is 0 Å². The Balaban J connectivity index is 2.43. The summed E-state index contributed by atoms with van der Waals surface area (Å²) in [6.45, 7) is 2.13. The zero-order valence-electron chi connectivity index (χ0n) is 8.01. The molecule has 0 aliphatic rings. The molecular formula is C9H12N4O. The van der Waals surface area contributed by atoms with Gasteiger partial charge in [0.25, 0.3) is 5.78 Å². The number of aliphatic hydroxyl groups excluding tert-OH is 1. The minimum atomic E-state index is 0.127. The number of nitrogens with zero attached hydrogens (tertiary/aromatic N) is 4. The monoisotopic (exact) mass is 192 g/mol. The summed E-state index contributed by atoms with van der Waals surface area (Å²) < 4.78 is 1.66. The predicted octanol–water partition coefficient (Wildman–Crippen LogP) is 0.221. The van der Waals surface area contributed by atoms with Gasteiger partial charge in [-0.25, -0.2) is 9.50 Å². The van der Waals surface area contributed by atoms with Gasteiger partial charge in [-0.2, -0.15) is 4.98 Å². The number of rotatable bonds is 3. The Bertz CT molecular complexity index is 437. The summed E-state index contributed by atoms with van der Waals surface area (Å²) in [6.07, 6.45) is 4.98. The van der Waals surface area contributed by atoms with Crippen LogP contribution in [0.3, 0.4) is 0 Å². The third-order valence-corrected chi connectivity index (χ3v) is 2.01. The van der Waals surface area contributed by atoms with Gasteiger partial charge in [-0.05, 0) is 12.0 Å². The first-order valence-electron chi connectivity index (χ1n) is 4.64. The van der Waals surface area contributed by atoms with Crippen molar-refractivity contribution < 1.29 is 5.11 Å². The van der Waals surface area contributed by atoms with Gasteiger partial charge in [-0.1, -0.05) is 6.92 Å². The number of hydrogen-bond acceptors (Lipinski definition) is 4. The van der Waals surface area contributed by atoms with Crippen LogP contribution in [-0.2, 0) is 12.8 Å². The van der Waals surface area contributed by atoms with E-state index in [0.717, 1.165) is 17.8 Å². The van der Waals surface area contributed by atoms with Gasteiger partial charge in [-0.15, -0.1) is 5.10 Å². The smallest absolute Gasteiger partial charge is 0.252 e. The Kier molecular flexibility index (Phi) is 2.41. The van der Waals surface area contributed by atoms with Crippen LogP contribution < -0.4 is 0 Å². The van der Waals surface area contributed by atoms with Crippen LogP contribution in [0.25, 0.3) is 5.78 Å². The SMILES string of the molecule is CCc1nc2ncc(CCO)cn2n1. The van der Waals surface area contributed by atoms with Crippen LogP contribution >= 0.6 is 0 Å². The maximum Gasteiger partial charge on any atom is 0.252 e. The Morgan fingerprint density at radius 1 is 1.50 bits per heavy atom. The molecule has 0 spiro atoms. The van der Waals surface area contributed by atoms with Crippen molar-refractivity contribution in [2.45, 2.75) is 19.8 Å². The van der Waals surface area contributed by atoms with Crippen LogP contribution in [0.15, 0.2) is 12.4 Å². The molecule has 5 heteroatoms. The number of aryl methyl sites for hydroxylation is 1. The highest BCUT2D eigenvalue weighted by Gasteiger charge is 2.02. The molecule has 2 rings (SSSR count). The van der Waals surface area contributed by atoms with Crippen molar-refractivity contribution in [1.82, 2.24) is 19.6 Å². The zero-order chi connectivity index (χ0) is 9.97. The fourth-order valence-corrected chi connectivity index (χ4v) is 1.27. The molecule has 0 atom stereocenters. The summed E-state index contributed by atoms with van der Waals surface area (Å²) in [5.41, 5.74) is 0.965. The average molecular weight is 192 g/mol. The minimum absolute atomic E-state index is 0.127. The van der Waals surface area contributed by atoms with Crippen molar-refractivity contribution in [3.63, 3.8) is 0 Å². The molecule has 0 saturated carbocycles. The van der Waals surface area contributed by atoms with Gasteiger partial charge in [0.05, 0.1) is 0 Å². The van der Waals surface area contributed by atoms with Crippen molar-refractivity contribution in [1.29, 1.82) is 0 Å². The summed E-state index contributed by atoms with van der Waals surface area (Å²) in [5.74, 6) is 1.40. The van der Waals surface area contributed by atoms with Crippen LogP contribution in [0, 0.1) is 0 Å². The zero-order valence-corrected chi connectivity index (χ0v) is 8.01. The highest BCUT2D eigenvalue weighted by atomic mass is 16.2. The molecule has 2 aromatic heterocycles. The molecule has 0 fully saturated rings. The van der Waals surface area contributed by atoms with E-state index in [2.05, 4.69) is 15.1 Å². The molecular weight excluding hydrogens is 180 g/mol. The molecule has 2 aromatic rings. The molecule has 0 radical (unpaired) electrons. The van der Waals surface area contributed by atoms with Gasteiger partial charge < -0.3 is 5.11 Å². The van der Waals surface area contributed by atoms with Crippen molar-refractivity contribution >= 4 is 5.78 Å². The summed E-state index contributed by atoms with van der Waals surface area (Å²) in [4.78, 5) is 8.36. The molecule has 0 bridgehead atoms. The molecule has 2 heterocycles. The first kappa shape index (κ1) is 9.08. The Morgan fingerprint density at radius 3 is 3.07 bits per heavy atom. The van der Waals surface area contributed by atoms with E-state index in [-0.39, 0.29) is 6.61 Å². The van der Waals surface area contributed by atoms with Crippen LogP contribution in [0.5, 0.6) is 0 Å². The van der Waals surface area contributed by atoms with E-state index in [1.807, 2.05) is 13.1 Å². The molecule has 0 aliphatic carbocycles. The first-order valence-corrected chi connectivity index (χ1v) is 4.64. The predicted molar refractivity (Wildman–Crippen MR) is 50.9 cm³/mol. The van der Waals surface area contributed by atoms with E-state index in [4.69, 9.17) is 5.11 Å². The summed E-state index contributed by atoms with van der Waals surface area (Å²) in [5, 5.41) is 13.0. The molecule has 1 N–H and O–H groups in total. The van der Waals surface area contributed by atoms with E-state index in [0.29, 0.717) is 12.2 Å². The first-order chi connectivity index (χ1) is 6.83. The van der Waals surface area contributed by atoms with Crippen LogP contribution in [-0.4, -0.2) is 31.3 Å². The van der Waals surface area contributed by atoms with Crippen molar-refractivity contribution in [3.05, 3.63) is 23.8 Å². The Morgan fingerprint density at radius 2 is 2.36 bits per heavy atom. The molecule has 0 amide bonds. The van der Waals surface area contributed by atoms with E-state index < -0.39 is 0 Å². The van der Waals surface area contributed by atoms with Crippen LogP contribution in [0.1, 0.15) is 18.3 Å². The lowest BCUT2D eigenvalue weighted by atomic mass is 10.3. The molecule has 0 saturated heterocycles. The Labute approximate surface area is 81.4 Å². The normalized spacial score (nSPS) is 11.0. The molecule has 0 unspecified atom stereocenters. The largest absolute Gasteiger partial charge is 0.396 e. The molecule has 0 aromatic carbocycles. The minimum Gasteiger partial charge on any atom is -0.396 e. The summed E-state index contributed by atoms with van der Waals surface area (Å²) >= 11 is 0. The highest BCUT2D eigenvalue weighted by molar-refractivity contribution is 5.27. The Hall–Kier alpha value is -1.49. The van der Waals surface area contributed by atoms with Gasteiger partial charge in [0.1, 0.15) is 0 Å². The molecule has 5 nitrogen and oxygen atoms in total. The third kappa shape index (κ3) is 1.58. The van der Waals surface area contributed by atoms with E-state index in [1.165, 1.54) is 0 Å². The van der Waals surface area contributed by atoms with Gasteiger partial charge in [0.15, 0.2) is 5.82 Å². The molecule has 0 aliphatic heterocycles. The summed E-state index contributed by atoms with van der Waals surface area (Å²) in [6, 6.07) is 0. The van der Waals surface area contributed by atoms with E-state index >= 15 is 0 Å². The number of aliphatic hydroxyl groups is 1. The second-order valence-corrected chi connectivity index (χ2v) is 3.06.